The normalized spacial score (nSPS) is 12.8. The van der Waals surface area contributed by atoms with E-state index in [0.29, 0.717) is 17.5 Å². The van der Waals surface area contributed by atoms with Crippen molar-refractivity contribution in [3.05, 3.63) is 83.4 Å². The lowest BCUT2D eigenvalue weighted by Crippen LogP contribution is -2.54. The summed E-state index contributed by atoms with van der Waals surface area (Å²) in [7, 11) is 0. The number of hydrogen-bond donors (Lipinski definition) is 8. The summed E-state index contributed by atoms with van der Waals surface area (Å²) >= 11 is 0. The van der Waals surface area contributed by atoms with Gasteiger partial charge in [-0.15, -0.1) is 0 Å². The van der Waals surface area contributed by atoms with E-state index in [0.717, 1.165) is 16.3 Å². The van der Waals surface area contributed by atoms with Gasteiger partial charge in [0, 0.05) is 12.1 Å². The average molecular weight is 589 g/mol. The van der Waals surface area contributed by atoms with Gasteiger partial charge in [0.2, 0.25) is 17.7 Å². The first-order chi connectivity index (χ1) is 20.4. The van der Waals surface area contributed by atoms with Crippen LogP contribution < -0.4 is 33.6 Å². The Morgan fingerprint density at radius 3 is 2.09 bits per heavy atom. The van der Waals surface area contributed by atoms with Crippen molar-refractivity contribution in [1.29, 1.82) is 5.41 Å². The van der Waals surface area contributed by atoms with Crippen LogP contribution in [0.5, 0.6) is 0 Å². The molecule has 43 heavy (non-hydrogen) atoms. The molecule has 3 rings (SSSR count). The van der Waals surface area contributed by atoms with Crippen LogP contribution >= 0.6 is 0 Å². The van der Waals surface area contributed by atoms with Gasteiger partial charge in [-0.2, -0.15) is 0 Å². The Bertz CT molecular complexity index is 1520. The summed E-state index contributed by atoms with van der Waals surface area (Å²) in [6.07, 6.45) is -0.108. The second-order valence-electron chi connectivity index (χ2n) is 10.0. The van der Waals surface area contributed by atoms with E-state index in [9.17, 15) is 24.3 Å². The molecule has 13 nitrogen and oxygen atoms in total. The van der Waals surface area contributed by atoms with Gasteiger partial charge < -0.3 is 38.7 Å². The zero-order valence-electron chi connectivity index (χ0n) is 23.5. The van der Waals surface area contributed by atoms with Gasteiger partial charge in [0.05, 0.1) is 12.3 Å². The Kier molecular flexibility index (Phi) is 11.2. The standard InChI is InChI=1S/C30H36N8O5/c31-26(32)19-9-7-17(8-10-19)14-22(21-12-11-18-4-1-2-5-20(18)15-21)28(42)38-24(16-25(39)40)29(43)37-23(27(33)41)6-3-13-36-30(34)35/h1-2,4-5,7-12,15,22-24H,3,6,13-14,16H2,(H3,31,32)(H2,33,41)(H,37,43)(H,38,42)(H,39,40)(H4,34,35,36)/t22?,23-,24-/m0/s1. The molecule has 0 spiro atoms. The average Bonchev–Trinajstić information content (AvgIpc) is 2.96. The van der Waals surface area contributed by atoms with Crippen LogP contribution in [0, 0.1) is 5.41 Å². The quantitative estimate of drug-likeness (QED) is 0.0700. The van der Waals surface area contributed by atoms with Crippen molar-refractivity contribution in [3.63, 3.8) is 0 Å². The molecule has 13 heteroatoms. The minimum Gasteiger partial charge on any atom is -0.481 e. The molecule has 3 atom stereocenters. The van der Waals surface area contributed by atoms with Gasteiger partial charge in [-0.25, -0.2) is 0 Å². The van der Waals surface area contributed by atoms with E-state index < -0.39 is 48.1 Å². The lowest BCUT2D eigenvalue weighted by Gasteiger charge is -2.24. The van der Waals surface area contributed by atoms with Crippen molar-refractivity contribution in [3.8, 4) is 0 Å². The number of aliphatic carboxylic acids is 1. The van der Waals surface area contributed by atoms with Gasteiger partial charge in [-0.05, 0) is 41.2 Å². The van der Waals surface area contributed by atoms with Gasteiger partial charge >= 0.3 is 5.97 Å². The predicted octanol–water partition coefficient (Wildman–Crippen LogP) is 0.433. The van der Waals surface area contributed by atoms with Crippen molar-refractivity contribution in [1.82, 2.24) is 10.6 Å². The molecule has 12 N–H and O–H groups in total. The zero-order valence-corrected chi connectivity index (χ0v) is 23.5. The molecule has 0 saturated carbocycles. The number of nitrogens with two attached hydrogens (primary N) is 4. The molecule has 0 heterocycles. The first-order valence-corrected chi connectivity index (χ1v) is 13.5. The van der Waals surface area contributed by atoms with Gasteiger partial charge in [-0.3, -0.25) is 29.6 Å². The molecule has 0 saturated heterocycles. The number of amidine groups is 1. The first kappa shape index (κ1) is 32.1. The van der Waals surface area contributed by atoms with Crippen LogP contribution in [0.3, 0.4) is 0 Å². The Balaban J connectivity index is 1.87. The van der Waals surface area contributed by atoms with Crippen molar-refractivity contribution in [2.75, 3.05) is 6.54 Å². The fourth-order valence-corrected chi connectivity index (χ4v) is 4.56. The third-order valence-corrected chi connectivity index (χ3v) is 6.81. The number of amides is 3. The molecular weight excluding hydrogens is 552 g/mol. The number of carboxylic acids is 1. The molecule has 1 unspecified atom stereocenters. The van der Waals surface area contributed by atoms with Crippen molar-refractivity contribution in [2.24, 2.45) is 27.9 Å². The van der Waals surface area contributed by atoms with E-state index >= 15 is 0 Å². The smallest absolute Gasteiger partial charge is 0.305 e. The first-order valence-electron chi connectivity index (χ1n) is 13.5. The highest BCUT2D eigenvalue weighted by Gasteiger charge is 2.31. The minimum atomic E-state index is -1.49. The number of nitrogen functional groups attached to an aromatic ring is 1. The molecule has 0 aliphatic heterocycles. The number of carboxylic acid groups (broad SMARTS) is 1. The van der Waals surface area contributed by atoms with E-state index in [1.807, 2.05) is 42.5 Å². The van der Waals surface area contributed by atoms with Gasteiger partial charge in [0.15, 0.2) is 5.96 Å². The summed E-state index contributed by atoms with van der Waals surface area (Å²) < 4.78 is 0. The van der Waals surface area contributed by atoms with E-state index in [4.69, 9.17) is 28.3 Å². The topological polar surface area (TPSA) is 253 Å². The highest BCUT2D eigenvalue weighted by atomic mass is 16.4. The number of carbonyl (C=O) groups excluding carboxylic acids is 3. The summed E-state index contributed by atoms with van der Waals surface area (Å²) in [4.78, 5) is 54.4. The Labute approximate surface area is 248 Å². The maximum absolute atomic E-state index is 13.8. The van der Waals surface area contributed by atoms with Crippen LogP contribution in [0.4, 0.5) is 0 Å². The molecule has 0 radical (unpaired) electrons. The van der Waals surface area contributed by atoms with E-state index in [-0.39, 0.29) is 31.2 Å². The molecule has 3 aromatic carbocycles. The number of benzene rings is 3. The van der Waals surface area contributed by atoms with Crippen LogP contribution in [0.2, 0.25) is 0 Å². The van der Waals surface area contributed by atoms with E-state index in [1.54, 1.807) is 24.3 Å². The predicted molar refractivity (Wildman–Crippen MR) is 163 cm³/mol. The summed E-state index contributed by atoms with van der Waals surface area (Å²) in [5.41, 5.74) is 23.5. The molecule has 0 aromatic heterocycles. The third kappa shape index (κ3) is 9.56. The second-order valence-corrected chi connectivity index (χ2v) is 10.0. The molecule has 0 bridgehead atoms. The number of fused-ring (bicyclic) bond motifs is 1. The summed E-state index contributed by atoms with van der Waals surface area (Å²) in [5.74, 6) is -4.65. The fourth-order valence-electron chi connectivity index (χ4n) is 4.56. The van der Waals surface area contributed by atoms with Crippen LogP contribution in [0.1, 0.15) is 41.9 Å². The van der Waals surface area contributed by atoms with Crippen molar-refractivity contribution >= 4 is 46.3 Å². The summed E-state index contributed by atoms with van der Waals surface area (Å²) in [6.45, 7) is 0.193. The third-order valence-electron chi connectivity index (χ3n) is 6.81. The number of aliphatic imine (C=N–C) groups is 1. The molecule has 3 aromatic rings. The van der Waals surface area contributed by atoms with E-state index in [2.05, 4.69) is 15.6 Å². The number of nitrogens with one attached hydrogen (secondary N) is 3. The van der Waals surface area contributed by atoms with Crippen LogP contribution in [-0.4, -0.2) is 59.2 Å². The van der Waals surface area contributed by atoms with Crippen LogP contribution in [0.25, 0.3) is 10.8 Å². The molecule has 0 aliphatic rings. The maximum Gasteiger partial charge on any atom is 0.305 e. The maximum atomic E-state index is 13.8. The number of nitrogens with zero attached hydrogens (tertiary/aromatic N) is 1. The zero-order chi connectivity index (χ0) is 31.5. The van der Waals surface area contributed by atoms with Crippen molar-refractivity contribution < 1.29 is 24.3 Å². The minimum absolute atomic E-state index is 0.0941. The summed E-state index contributed by atoms with van der Waals surface area (Å²) in [5, 5.41) is 24.0. The molecule has 226 valence electrons. The Morgan fingerprint density at radius 2 is 1.49 bits per heavy atom. The number of carbonyl (C=O) groups is 4. The lowest BCUT2D eigenvalue weighted by atomic mass is 9.89. The number of rotatable bonds is 15. The number of guanidine groups is 1. The van der Waals surface area contributed by atoms with Gasteiger partial charge in [0.1, 0.15) is 17.9 Å². The highest BCUT2D eigenvalue weighted by molar-refractivity contribution is 5.96. The molecule has 0 aliphatic carbocycles. The van der Waals surface area contributed by atoms with E-state index in [1.165, 1.54) is 0 Å². The Hall–Kier alpha value is -5.46. The lowest BCUT2D eigenvalue weighted by molar-refractivity contribution is -0.141. The van der Waals surface area contributed by atoms with Crippen LogP contribution in [0.15, 0.2) is 71.7 Å². The van der Waals surface area contributed by atoms with Crippen LogP contribution in [-0.2, 0) is 25.6 Å². The molecule has 3 amide bonds. The number of primary amides is 1. The largest absolute Gasteiger partial charge is 0.481 e. The summed E-state index contributed by atoms with van der Waals surface area (Å²) in [6, 6.07) is 17.4. The fraction of sp³-hybridized carbons (Fsp3) is 0.267. The second kappa shape index (κ2) is 15.0. The SMILES string of the molecule is N=C(N)c1ccc(CC(C(=O)N[C@@H](CC(=O)O)C(=O)N[C@@H](CCCN=C(N)N)C(N)=O)c2ccc3ccccc3c2)cc1. The van der Waals surface area contributed by atoms with Gasteiger partial charge in [-0.1, -0.05) is 66.7 Å². The molecular formula is C30H36N8O5. The van der Waals surface area contributed by atoms with Crippen molar-refractivity contribution in [2.45, 2.75) is 43.7 Å². The highest BCUT2D eigenvalue weighted by Crippen LogP contribution is 2.26. The van der Waals surface area contributed by atoms with Gasteiger partial charge in [0.25, 0.3) is 0 Å². The molecule has 0 fully saturated rings. The monoisotopic (exact) mass is 588 g/mol. The number of hydrogen-bond acceptors (Lipinski definition) is 6. The Morgan fingerprint density at radius 1 is 0.837 bits per heavy atom.